The van der Waals surface area contributed by atoms with Crippen LogP contribution in [0.15, 0.2) is 12.2 Å². The van der Waals surface area contributed by atoms with Crippen LogP contribution in [0.5, 0.6) is 0 Å². The molecule has 3 atom stereocenters. The summed E-state index contributed by atoms with van der Waals surface area (Å²) in [6.45, 7) is 9.19. The Morgan fingerprint density at radius 3 is 2.69 bits per heavy atom. The summed E-state index contributed by atoms with van der Waals surface area (Å²) in [6, 6.07) is 0. The standard InChI is InChI=1S/C15H28O/c1-5-7-13(16)9-10-14-12(2)8-6-11-15(14,3)4/h9-10,12-14,16H,5-8,11H2,1-4H3/t12-,13-,14+/m0/s1. The van der Waals surface area contributed by atoms with E-state index in [1.807, 2.05) is 6.08 Å². The van der Waals surface area contributed by atoms with Crippen LogP contribution in [0.2, 0.25) is 0 Å². The minimum atomic E-state index is -0.241. The summed E-state index contributed by atoms with van der Waals surface area (Å²) < 4.78 is 0. The van der Waals surface area contributed by atoms with Crippen LogP contribution in [0.1, 0.15) is 59.8 Å². The normalized spacial score (nSPS) is 31.8. The minimum absolute atomic E-state index is 0.241. The fourth-order valence-electron chi connectivity index (χ4n) is 3.09. The monoisotopic (exact) mass is 224 g/mol. The number of aliphatic hydroxyl groups excluding tert-OH is 1. The first-order chi connectivity index (χ1) is 7.47. The molecule has 94 valence electrons. The van der Waals surface area contributed by atoms with Crippen LogP contribution < -0.4 is 0 Å². The zero-order valence-electron chi connectivity index (χ0n) is 11.4. The highest BCUT2D eigenvalue weighted by atomic mass is 16.3. The molecule has 0 heterocycles. The van der Waals surface area contributed by atoms with Crippen molar-refractivity contribution >= 4 is 0 Å². The Morgan fingerprint density at radius 1 is 1.44 bits per heavy atom. The second-order valence-electron chi connectivity index (χ2n) is 6.12. The third-order valence-electron chi connectivity index (χ3n) is 4.12. The van der Waals surface area contributed by atoms with E-state index in [1.165, 1.54) is 19.3 Å². The maximum Gasteiger partial charge on any atom is 0.0720 e. The van der Waals surface area contributed by atoms with Gasteiger partial charge in [0, 0.05) is 0 Å². The van der Waals surface area contributed by atoms with Crippen molar-refractivity contribution in [2.24, 2.45) is 17.3 Å². The highest BCUT2D eigenvalue weighted by Crippen LogP contribution is 2.44. The van der Waals surface area contributed by atoms with E-state index in [0.717, 1.165) is 18.8 Å². The molecular weight excluding hydrogens is 196 g/mol. The number of rotatable bonds is 4. The summed E-state index contributed by atoms with van der Waals surface area (Å²) in [4.78, 5) is 0. The van der Waals surface area contributed by atoms with E-state index in [9.17, 15) is 5.11 Å². The molecule has 0 radical (unpaired) electrons. The number of aliphatic hydroxyl groups is 1. The van der Waals surface area contributed by atoms with Gasteiger partial charge in [-0.25, -0.2) is 0 Å². The van der Waals surface area contributed by atoms with Crippen LogP contribution in [0.4, 0.5) is 0 Å². The van der Waals surface area contributed by atoms with Crippen molar-refractivity contribution in [1.82, 2.24) is 0 Å². The molecule has 0 saturated heterocycles. The molecule has 1 nitrogen and oxygen atoms in total. The van der Waals surface area contributed by atoms with E-state index in [4.69, 9.17) is 0 Å². The Hall–Kier alpha value is -0.300. The van der Waals surface area contributed by atoms with E-state index in [0.29, 0.717) is 11.3 Å². The van der Waals surface area contributed by atoms with E-state index in [2.05, 4.69) is 33.8 Å². The van der Waals surface area contributed by atoms with Crippen molar-refractivity contribution < 1.29 is 5.11 Å². The Morgan fingerprint density at radius 2 is 2.12 bits per heavy atom. The molecular formula is C15H28O. The average Bonchev–Trinajstić information content (AvgIpc) is 2.16. The Balaban J connectivity index is 2.61. The lowest BCUT2D eigenvalue weighted by atomic mass is 9.64. The second-order valence-corrected chi connectivity index (χ2v) is 6.12. The van der Waals surface area contributed by atoms with Gasteiger partial charge in [-0.2, -0.15) is 0 Å². The molecule has 0 spiro atoms. The van der Waals surface area contributed by atoms with Crippen LogP contribution in [0.3, 0.4) is 0 Å². The highest BCUT2D eigenvalue weighted by Gasteiger charge is 2.34. The third kappa shape index (κ3) is 3.62. The lowest BCUT2D eigenvalue weighted by molar-refractivity contribution is 0.121. The van der Waals surface area contributed by atoms with E-state index in [-0.39, 0.29) is 6.10 Å². The van der Waals surface area contributed by atoms with Crippen LogP contribution in [-0.4, -0.2) is 11.2 Å². The number of hydrogen-bond donors (Lipinski definition) is 1. The molecule has 0 unspecified atom stereocenters. The molecule has 0 aromatic heterocycles. The quantitative estimate of drug-likeness (QED) is 0.711. The van der Waals surface area contributed by atoms with Gasteiger partial charge in [0.05, 0.1) is 6.10 Å². The molecule has 1 rings (SSSR count). The van der Waals surface area contributed by atoms with Gasteiger partial charge < -0.3 is 5.11 Å². The average molecular weight is 224 g/mol. The number of allylic oxidation sites excluding steroid dienone is 1. The zero-order chi connectivity index (χ0) is 12.2. The molecule has 0 amide bonds. The second kappa shape index (κ2) is 5.86. The van der Waals surface area contributed by atoms with Crippen molar-refractivity contribution in [1.29, 1.82) is 0 Å². The van der Waals surface area contributed by atoms with Gasteiger partial charge in [0.2, 0.25) is 0 Å². The van der Waals surface area contributed by atoms with E-state index in [1.54, 1.807) is 0 Å². The first-order valence-electron chi connectivity index (χ1n) is 6.83. The maximum atomic E-state index is 9.75. The SMILES string of the molecule is CCC[C@H](O)C=C[C@@H]1[C@@H](C)CCCC1(C)C. The van der Waals surface area contributed by atoms with Gasteiger partial charge in [-0.05, 0) is 30.1 Å². The topological polar surface area (TPSA) is 20.2 Å². The number of hydrogen-bond acceptors (Lipinski definition) is 1. The van der Waals surface area contributed by atoms with Gasteiger partial charge in [-0.3, -0.25) is 0 Å². The first kappa shape index (κ1) is 13.8. The summed E-state index contributed by atoms with van der Waals surface area (Å²) in [6.07, 6.45) is 10.0. The van der Waals surface area contributed by atoms with Gasteiger partial charge in [0.1, 0.15) is 0 Å². The largest absolute Gasteiger partial charge is 0.389 e. The van der Waals surface area contributed by atoms with Crippen molar-refractivity contribution in [3.63, 3.8) is 0 Å². The van der Waals surface area contributed by atoms with E-state index >= 15 is 0 Å². The smallest absolute Gasteiger partial charge is 0.0720 e. The Labute approximate surface area is 101 Å². The third-order valence-corrected chi connectivity index (χ3v) is 4.12. The fourth-order valence-corrected chi connectivity index (χ4v) is 3.09. The lowest BCUT2D eigenvalue weighted by Crippen LogP contribution is -2.32. The van der Waals surface area contributed by atoms with Gasteiger partial charge >= 0.3 is 0 Å². The summed E-state index contributed by atoms with van der Waals surface area (Å²) in [5.41, 5.74) is 0.403. The maximum absolute atomic E-state index is 9.75. The molecule has 1 saturated carbocycles. The van der Waals surface area contributed by atoms with Crippen molar-refractivity contribution in [2.75, 3.05) is 0 Å². The summed E-state index contributed by atoms with van der Waals surface area (Å²) in [7, 11) is 0. The molecule has 1 heteroatoms. The van der Waals surface area contributed by atoms with Crippen molar-refractivity contribution in [3.05, 3.63) is 12.2 Å². The van der Waals surface area contributed by atoms with Crippen LogP contribution in [0.25, 0.3) is 0 Å². The molecule has 0 aromatic rings. The predicted molar refractivity (Wildman–Crippen MR) is 70.3 cm³/mol. The van der Waals surface area contributed by atoms with Crippen LogP contribution >= 0.6 is 0 Å². The molecule has 1 N–H and O–H groups in total. The molecule has 16 heavy (non-hydrogen) atoms. The molecule has 1 aliphatic rings. The fraction of sp³-hybridized carbons (Fsp3) is 0.867. The van der Waals surface area contributed by atoms with Crippen LogP contribution in [0, 0.1) is 17.3 Å². The zero-order valence-corrected chi connectivity index (χ0v) is 11.4. The van der Waals surface area contributed by atoms with Gasteiger partial charge in [-0.15, -0.1) is 0 Å². The van der Waals surface area contributed by atoms with E-state index < -0.39 is 0 Å². The Kier molecular flexibility index (Phi) is 5.04. The lowest BCUT2D eigenvalue weighted by Gasteiger charge is -2.41. The molecule has 1 fully saturated rings. The van der Waals surface area contributed by atoms with Gasteiger partial charge in [0.25, 0.3) is 0 Å². The molecule has 0 bridgehead atoms. The highest BCUT2D eigenvalue weighted by molar-refractivity contribution is 5.02. The first-order valence-corrected chi connectivity index (χ1v) is 6.83. The summed E-state index contributed by atoms with van der Waals surface area (Å²) in [5, 5.41) is 9.75. The molecule has 0 aliphatic heterocycles. The minimum Gasteiger partial charge on any atom is -0.389 e. The van der Waals surface area contributed by atoms with Gasteiger partial charge in [0.15, 0.2) is 0 Å². The van der Waals surface area contributed by atoms with Crippen molar-refractivity contribution in [2.45, 2.75) is 65.9 Å². The summed E-state index contributed by atoms with van der Waals surface area (Å²) in [5.74, 6) is 1.39. The van der Waals surface area contributed by atoms with Gasteiger partial charge in [-0.1, -0.05) is 59.1 Å². The Bertz CT molecular complexity index is 230. The van der Waals surface area contributed by atoms with Crippen LogP contribution in [-0.2, 0) is 0 Å². The molecule has 1 aliphatic carbocycles. The predicted octanol–water partition coefficient (Wildman–Crippen LogP) is 4.17. The molecule has 0 aromatic carbocycles. The van der Waals surface area contributed by atoms with Crippen molar-refractivity contribution in [3.8, 4) is 0 Å². The summed E-state index contributed by atoms with van der Waals surface area (Å²) >= 11 is 0.